The molecule has 2 aromatic rings. The van der Waals surface area contributed by atoms with E-state index in [1.165, 1.54) is 6.92 Å². The van der Waals surface area contributed by atoms with E-state index in [2.05, 4.69) is 10.3 Å². The summed E-state index contributed by atoms with van der Waals surface area (Å²) in [6.45, 7) is 5.89. The minimum atomic E-state index is -0.324. The molecular weight excluding hydrogens is 322 g/mol. The Hall–Kier alpha value is -2.21. The third-order valence-electron chi connectivity index (χ3n) is 3.73. The number of amides is 2. The number of nitrogens with zero attached hydrogens (tertiary/aromatic N) is 2. The molecule has 0 saturated heterocycles. The van der Waals surface area contributed by atoms with Crippen molar-refractivity contribution in [2.75, 3.05) is 7.05 Å². The summed E-state index contributed by atoms with van der Waals surface area (Å²) < 4.78 is 0. The summed E-state index contributed by atoms with van der Waals surface area (Å²) in [7, 11) is 1.76. The average molecular weight is 345 g/mol. The predicted octanol–water partition coefficient (Wildman–Crippen LogP) is 2.99. The van der Waals surface area contributed by atoms with Crippen molar-refractivity contribution in [2.24, 2.45) is 0 Å². The van der Waals surface area contributed by atoms with Crippen molar-refractivity contribution < 1.29 is 9.59 Å². The lowest BCUT2D eigenvalue weighted by atomic mass is 10.0. The molecule has 1 unspecified atom stereocenters. The highest BCUT2D eigenvalue weighted by Gasteiger charge is 2.20. The van der Waals surface area contributed by atoms with Crippen molar-refractivity contribution in [3.05, 3.63) is 51.5 Å². The monoisotopic (exact) mass is 345 g/mol. The number of thiazole rings is 1. The molecule has 0 bridgehead atoms. The summed E-state index contributed by atoms with van der Waals surface area (Å²) in [6, 6.07) is 7.54. The number of benzene rings is 1. The fourth-order valence-electron chi connectivity index (χ4n) is 2.44. The number of aryl methyl sites for hydroxylation is 2. The molecular formula is C18H23N3O2S. The van der Waals surface area contributed by atoms with Crippen molar-refractivity contribution in [3.63, 3.8) is 0 Å². The molecule has 0 aliphatic heterocycles. The molecule has 0 aliphatic rings. The summed E-state index contributed by atoms with van der Waals surface area (Å²) >= 11 is 1.57. The third kappa shape index (κ3) is 5.16. The second-order valence-corrected chi connectivity index (χ2v) is 7.04. The smallest absolute Gasteiger partial charge is 0.225 e. The maximum atomic E-state index is 12.5. The van der Waals surface area contributed by atoms with Gasteiger partial charge >= 0.3 is 0 Å². The van der Waals surface area contributed by atoms with Crippen molar-refractivity contribution in [1.29, 1.82) is 0 Å². The van der Waals surface area contributed by atoms with Crippen LogP contribution >= 0.6 is 11.3 Å². The van der Waals surface area contributed by atoms with Crippen LogP contribution in [0.2, 0.25) is 0 Å². The Kier molecular flexibility index (Phi) is 6.09. The number of rotatable bonds is 6. The maximum Gasteiger partial charge on any atom is 0.225 e. The number of carbonyl (C=O) groups excluding carboxylic acids is 2. The Morgan fingerprint density at radius 2 is 1.92 bits per heavy atom. The van der Waals surface area contributed by atoms with Crippen molar-refractivity contribution in [1.82, 2.24) is 15.2 Å². The lowest BCUT2D eigenvalue weighted by molar-refractivity contribution is -0.131. The van der Waals surface area contributed by atoms with Gasteiger partial charge in [0.2, 0.25) is 11.8 Å². The Morgan fingerprint density at radius 1 is 1.25 bits per heavy atom. The first-order chi connectivity index (χ1) is 11.3. The lowest BCUT2D eigenvalue weighted by Crippen LogP contribution is -2.33. The Morgan fingerprint density at radius 3 is 2.46 bits per heavy atom. The highest BCUT2D eigenvalue weighted by atomic mass is 32.1. The average Bonchev–Trinajstić information content (AvgIpc) is 2.92. The molecule has 1 N–H and O–H groups in total. The first-order valence-electron chi connectivity index (χ1n) is 7.84. The molecule has 0 radical (unpaired) electrons. The van der Waals surface area contributed by atoms with Gasteiger partial charge in [0, 0.05) is 19.4 Å². The summed E-state index contributed by atoms with van der Waals surface area (Å²) in [5.74, 6) is -0.175. The quantitative estimate of drug-likeness (QED) is 0.875. The van der Waals surface area contributed by atoms with E-state index in [4.69, 9.17) is 0 Å². The molecule has 1 aromatic heterocycles. The fourth-order valence-corrected chi connectivity index (χ4v) is 3.04. The molecule has 0 aliphatic carbocycles. The summed E-state index contributed by atoms with van der Waals surface area (Å²) in [6.07, 6.45) is 0.224. The van der Waals surface area contributed by atoms with E-state index in [1.54, 1.807) is 23.3 Å². The van der Waals surface area contributed by atoms with E-state index in [0.717, 1.165) is 21.8 Å². The first-order valence-corrected chi connectivity index (χ1v) is 8.71. The minimum Gasteiger partial charge on any atom is -0.349 e. The van der Waals surface area contributed by atoms with Crippen LogP contribution in [0.25, 0.3) is 0 Å². The molecule has 128 valence electrons. The van der Waals surface area contributed by atoms with Crippen LogP contribution in [-0.2, 0) is 16.1 Å². The number of hydrogen-bond donors (Lipinski definition) is 1. The molecule has 6 heteroatoms. The summed E-state index contributed by atoms with van der Waals surface area (Å²) in [5, 5.41) is 5.82. The van der Waals surface area contributed by atoms with E-state index < -0.39 is 0 Å². The summed E-state index contributed by atoms with van der Waals surface area (Å²) in [4.78, 5) is 30.1. The van der Waals surface area contributed by atoms with Crippen LogP contribution in [0.3, 0.4) is 0 Å². The van der Waals surface area contributed by atoms with Crippen LogP contribution in [0, 0.1) is 13.8 Å². The van der Waals surface area contributed by atoms with Gasteiger partial charge in [0.25, 0.3) is 0 Å². The molecule has 24 heavy (non-hydrogen) atoms. The molecule has 1 aromatic carbocycles. The number of nitrogens with one attached hydrogen (secondary N) is 1. The molecule has 2 amide bonds. The van der Waals surface area contributed by atoms with Gasteiger partial charge < -0.3 is 10.2 Å². The molecule has 1 atom stereocenters. The standard InChI is InChI=1S/C18H23N3O2S/c1-12-5-7-15(8-6-12)17(19-13(2)22)9-18(23)21(4)10-16-11-24-14(3)20-16/h5-8,11,17H,9-10H2,1-4H3,(H,19,22). The van der Waals surface area contributed by atoms with E-state index in [-0.39, 0.29) is 24.3 Å². The van der Waals surface area contributed by atoms with E-state index in [1.807, 2.05) is 43.5 Å². The molecule has 2 rings (SSSR count). The highest BCUT2D eigenvalue weighted by molar-refractivity contribution is 7.09. The van der Waals surface area contributed by atoms with Crippen LogP contribution in [0.4, 0.5) is 0 Å². The van der Waals surface area contributed by atoms with Crippen molar-refractivity contribution in [2.45, 2.75) is 39.8 Å². The van der Waals surface area contributed by atoms with Gasteiger partial charge in [-0.1, -0.05) is 29.8 Å². The molecule has 5 nitrogen and oxygen atoms in total. The Labute approximate surface area is 146 Å². The highest BCUT2D eigenvalue weighted by Crippen LogP contribution is 2.19. The molecule has 0 spiro atoms. The normalized spacial score (nSPS) is 11.8. The number of aromatic nitrogens is 1. The van der Waals surface area contributed by atoms with Gasteiger partial charge in [-0.25, -0.2) is 4.98 Å². The zero-order valence-corrected chi connectivity index (χ0v) is 15.3. The first kappa shape index (κ1) is 18.1. The van der Waals surface area contributed by atoms with Gasteiger partial charge in [-0.05, 0) is 19.4 Å². The zero-order valence-electron chi connectivity index (χ0n) is 14.5. The maximum absolute atomic E-state index is 12.5. The largest absolute Gasteiger partial charge is 0.349 e. The van der Waals surface area contributed by atoms with E-state index in [9.17, 15) is 9.59 Å². The Balaban J connectivity index is 2.05. The van der Waals surface area contributed by atoms with Gasteiger partial charge in [-0.3, -0.25) is 9.59 Å². The van der Waals surface area contributed by atoms with Crippen molar-refractivity contribution >= 4 is 23.2 Å². The van der Waals surface area contributed by atoms with Crippen LogP contribution in [0.1, 0.15) is 41.2 Å². The van der Waals surface area contributed by atoms with Crippen molar-refractivity contribution in [3.8, 4) is 0 Å². The van der Waals surface area contributed by atoms with E-state index >= 15 is 0 Å². The zero-order chi connectivity index (χ0) is 17.7. The van der Waals surface area contributed by atoms with Gasteiger partial charge in [-0.2, -0.15) is 0 Å². The van der Waals surface area contributed by atoms with Crippen LogP contribution in [-0.4, -0.2) is 28.7 Å². The fraction of sp³-hybridized carbons (Fsp3) is 0.389. The SMILES string of the molecule is CC(=O)NC(CC(=O)N(C)Cc1csc(C)n1)c1ccc(C)cc1. The Bertz CT molecular complexity index is 709. The number of carbonyl (C=O) groups is 2. The third-order valence-corrected chi connectivity index (χ3v) is 4.55. The minimum absolute atomic E-state index is 0.0278. The van der Waals surface area contributed by atoms with E-state index in [0.29, 0.717) is 6.54 Å². The van der Waals surface area contributed by atoms with Gasteiger partial charge in [0.15, 0.2) is 0 Å². The molecule has 0 fully saturated rings. The predicted molar refractivity (Wildman–Crippen MR) is 95.7 cm³/mol. The van der Waals surface area contributed by atoms with Gasteiger partial charge in [0.1, 0.15) is 0 Å². The second-order valence-electron chi connectivity index (χ2n) is 5.98. The summed E-state index contributed by atoms with van der Waals surface area (Å²) in [5.41, 5.74) is 2.96. The van der Waals surface area contributed by atoms with Gasteiger partial charge in [-0.15, -0.1) is 11.3 Å². The topological polar surface area (TPSA) is 62.3 Å². The lowest BCUT2D eigenvalue weighted by Gasteiger charge is -2.22. The molecule has 0 saturated carbocycles. The van der Waals surface area contributed by atoms with Crippen LogP contribution in [0.5, 0.6) is 0 Å². The van der Waals surface area contributed by atoms with Crippen LogP contribution in [0.15, 0.2) is 29.6 Å². The van der Waals surface area contributed by atoms with Gasteiger partial charge in [0.05, 0.1) is 29.7 Å². The second kappa shape index (κ2) is 8.06. The van der Waals surface area contributed by atoms with Crippen LogP contribution < -0.4 is 5.32 Å². The molecule has 1 heterocycles. The number of hydrogen-bond acceptors (Lipinski definition) is 4.